The molecule has 0 spiro atoms. The van der Waals surface area contributed by atoms with Crippen LogP contribution in [0, 0.1) is 0 Å². The van der Waals surface area contributed by atoms with Crippen molar-refractivity contribution in [2.45, 2.75) is 0 Å². The second kappa shape index (κ2) is 4.01. The maximum absolute atomic E-state index is 5.63. The van der Waals surface area contributed by atoms with Gasteiger partial charge in [0, 0.05) is 15.1 Å². The minimum absolute atomic E-state index is 0.626. The summed E-state index contributed by atoms with van der Waals surface area (Å²) in [5.74, 6) is 0. The van der Waals surface area contributed by atoms with Gasteiger partial charge in [0.25, 0.3) is 0 Å². The van der Waals surface area contributed by atoms with Gasteiger partial charge >= 0.3 is 0 Å². The van der Waals surface area contributed by atoms with E-state index < -0.39 is 0 Å². The van der Waals surface area contributed by atoms with Gasteiger partial charge in [-0.3, -0.25) is 0 Å². The molecule has 2 nitrogen and oxygen atoms in total. The molecule has 0 aliphatic carbocycles. The van der Waals surface area contributed by atoms with Gasteiger partial charge in [-0.15, -0.1) is 34.0 Å². The van der Waals surface area contributed by atoms with E-state index in [1.807, 2.05) is 5.38 Å². The number of thiophene rings is 2. The number of hydrogen-bond donors (Lipinski definition) is 1. The standard InChI is InChI=1S/C11H8N2S3/c12-11-13-7(6-15-11)8-3-4-10(16-8)9-2-1-5-14-9/h1-6H,(H2,12,13). The van der Waals surface area contributed by atoms with E-state index in [0.29, 0.717) is 5.13 Å². The molecular formula is C11H8N2S3. The molecule has 0 saturated carbocycles. The van der Waals surface area contributed by atoms with Crippen molar-refractivity contribution in [1.82, 2.24) is 4.98 Å². The predicted octanol–water partition coefficient (Wildman–Crippen LogP) is 4.18. The molecule has 3 rings (SSSR count). The Morgan fingerprint density at radius 1 is 1.00 bits per heavy atom. The fraction of sp³-hybridized carbons (Fsp3) is 0. The number of rotatable bonds is 2. The average molecular weight is 264 g/mol. The smallest absolute Gasteiger partial charge is 0.180 e. The maximum Gasteiger partial charge on any atom is 0.180 e. The molecule has 0 unspecified atom stereocenters. The molecule has 0 amide bonds. The van der Waals surface area contributed by atoms with Crippen LogP contribution in [0.25, 0.3) is 20.3 Å². The molecule has 5 heteroatoms. The van der Waals surface area contributed by atoms with Crippen molar-refractivity contribution >= 4 is 39.1 Å². The quantitative estimate of drug-likeness (QED) is 0.754. The summed E-state index contributed by atoms with van der Waals surface area (Å²) in [5, 5.41) is 4.72. The summed E-state index contributed by atoms with van der Waals surface area (Å²) >= 11 is 5.00. The van der Waals surface area contributed by atoms with Crippen molar-refractivity contribution in [2.75, 3.05) is 5.73 Å². The van der Waals surface area contributed by atoms with Crippen LogP contribution in [0.5, 0.6) is 0 Å². The molecule has 2 N–H and O–H groups in total. The second-order valence-corrected chi connectivity index (χ2v) is 6.13. The normalized spacial score (nSPS) is 10.8. The summed E-state index contributed by atoms with van der Waals surface area (Å²) in [6, 6.07) is 8.45. The lowest BCUT2D eigenvalue weighted by Crippen LogP contribution is -1.80. The van der Waals surface area contributed by atoms with Crippen LogP contribution in [0.3, 0.4) is 0 Å². The highest BCUT2D eigenvalue weighted by Crippen LogP contribution is 2.36. The molecule has 0 saturated heterocycles. The molecule has 0 aliphatic heterocycles. The van der Waals surface area contributed by atoms with Crippen LogP contribution in [-0.4, -0.2) is 4.98 Å². The van der Waals surface area contributed by atoms with Gasteiger partial charge in [-0.05, 0) is 23.6 Å². The zero-order valence-electron chi connectivity index (χ0n) is 8.21. The Labute approximate surface area is 105 Å². The summed E-state index contributed by atoms with van der Waals surface area (Å²) in [6.45, 7) is 0. The van der Waals surface area contributed by atoms with E-state index in [9.17, 15) is 0 Å². The van der Waals surface area contributed by atoms with Gasteiger partial charge < -0.3 is 5.73 Å². The predicted molar refractivity (Wildman–Crippen MR) is 73.2 cm³/mol. The van der Waals surface area contributed by atoms with E-state index in [1.165, 1.54) is 26.0 Å². The van der Waals surface area contributed by atoms with E-state index in [-0.39, 0.29) is 0 Å². The molecule has 16 heavy (non-hydrogen) atoms. The van der Waals surface area contributed by atoms with E-state index in [4.69, 9.17) is 5.73 Å². The zero-order valence-corrected chi connectivity index (χ0v) is 10.7. The van der Waals surface area contributed by atoms with Crippen molar-refractivity contribution < 1.29 is 0 Å². The molecule has 0 bridgehead atoms. The van der Waals surface area contributed by atoms with Gasteiger partial charge in [-0.2, -0.15) is 0 Å². The first-order valence-corrected chi connectivity index (χ1v) is 7.25. The molecular weight excluding hydrogens is 256 g/mol. The van der Waals surface area contributed by atoms with E-state index in [2.05, 4.69) is 34.6 Å². The van der Waals surface area contributed by atoms with E-state index in [1.54, 1.807) is 22.7 Å². The number of nitrogen functional groups attached to an aromatic ring is 1. The van der Waals surface area contributed by atoms with Crippen LogP contribution in [0.15, 0.2) is 35.0 Å². The van der Waals surface area contributed by atoms with Crippen LogP contribution in [0.1, 0.15) is 0 Å². The Balaban J connectivity index is 2.00. The second-order valence-electron chi connectivity index (χ2n) is 3.21. The van der Waals surface area contributed by atoms with Crippen molar-refractivity contribution in [1.29, 1.82) is 0 Å². The molecule has 3 heterocycles. The summed E-state index contributed by atoms with van der Waals surface area (Å²) in [5.41, 5.74) is 6.61. The first-order chi connectivity index (χ1) is 7.83. The van der Waals surface area contributed by atoms with Gasteiger partial charge in [0.1, 0.15) is 0 Å². The van der Waals surface area contributed by atoms with E-state index >= 15 is 0 Å². The fourth-order valence-corrected chi connectivity index (χ4v) is 3.87. The minimum atomic E-state index is 0.626. The Morgan fingerprint density at radius 2 is 1.88 bits per heavy atom. The largest absolute Gasteiger partial charge is 0.375 e. The molecule has 0 atom stereocenters. The Kier molecular flexibility index (Phi) is 2.51. The molecule has 80 valence electrons. The lowest BCUT2D eigenvalue weighted by Gasteiger charge is -1.89. The number of thiazole rings is 1. The first kappa shape index (κ1) is 10.0. The third-order valence-corrected chi connectivity index (χ3v) is 4.99. The summed E-state index contributed by atoms with van der Waals surface area (Å²) in [4.78, 5) is 8.06. The lowest BCUT2D eigenvalue weighted by molar-refractivity contribution is 1.43. The van der Waals surface area contributed by atoms with Gasteiger partial charge in [0.15, 0.2) is 5.13 Å². The minimum Gasteiger partial charge on any atom is -0.375 e. The van der Waals surface area contributed by atoms with Crippen LogP contribution in [0.4, 0.5) is 5.13 Å². The molecule has 0 radical (unpaired) electrons. The number of aromatic nitrogens is 1. The fourth-order valence-electron chi connectivity index (χ4n) is 1.43. The van der Waals surface area contributed by atoms with Crippen molar-refractivity contribution in [2.24, 2.45) is 0 Å². The van der Waals surface area contributed by atoms with Crippen LogP contribution < -0.4 is 5.73 Å². The monoisotopic (exact) mass is 264 g/mol. The van der Waals surface area contributed by atoms with Gasteiger partial charge in [-0.25, -0.2) is 4.98 Å². The van der Waals surface area contributed by atoms with Crippen molar-refractivity contribution in [3.8, 4) is 20.3 Å². The molecule has 0 aliphatic rings. The number of hydrogen-bond acceptors (Lipinski definition) is 5. The highest BCUT2D eigenvalue weighted by molar-refractivity contribution is 7.23. The van der Waals surface area contributed by atoms with Crippen LogP contribution in [-0.2, 0) is 0 Å². The van der Waals surface area contributed by atoms with Gasteiger partial charge in [0.2, 0.25) is 0 Å². The third kappa shape index (κ3) is 1.77. The number of nitrogens with two attached hydrogens (primary N) is 1. The highest BCUT2D eigenvalue weighted by atomic mass is 32.1. The number of nitrogens with zero attached hydrogens (tertiary/aromatic N) is 1. The summed E-state index contributed by atoms with van der Waals surface area (Å²) < 4.78 is 0. The summed E-state index contributed by atoms with van der Waals surface area (Å²) in [6.07, 6.45) is 0. The Morgan fingerprint density at radius 3 is 2.56 bits per heavy atom. The molecule has 0 aromatic carbocycles. The maximum atomic E-state index is 5.63. The van der Waals surface area contributed by atoms with Gasteiger partial charge in [0.05, 0.1) is 10.6 Å². The number of anilines is 1. The van der Waals surface area contributed by atoms with Crippen molar-refractivity contribution in [3.63, 3.8) is 0 Å². The zero-order chi connectivity index (χ0) is 11.0. The van der Waals surface area contributed by atoms with Crippen molar-refractivity contribution in [3.05, 3.63) is 35.0 Å². The topological polar surface area (TPSA) is 38.9 Å². The Hall–Kier alpha value is -1.17. The average Bonchev–Trinajstić information content (AvgIpc) is 2.97. The summed E-state index contributed by atoms with van der Waals surface area (Å²) in [7, 11) is 0. The third-order valence-electron chi connectivity index (χ3n) is 2.14. The molecule has 3 aromatic rings. The first-order valence-electron chi connectivity index (χ1n) is 4.68. The SMILES string of the molecule is Nc1nc(-c2ccc(-c3cccs3)s2)cs1. The molecule has 3 aromatic heterocycles. The van der Waals surface area contributed by atoms with Gasteiger partial charge in [-0.1, -0.05) is 6.07 Å². The van der Waals surface area contributed by atoms with E-state index in [0.717, 1.165) is 5.69 Å². The lowest BCUT2D eigenvalue weighted by atomic mass is 10.3. The Bertz CT molecular complexity index is 592. The molecule has 0 fully saturated rings. The van der Waals surface area contributed by atoms with Crippen LogP contribution >= 0.6 is 34.0 Å². The van der Waals surface area contributed by atoms with Crippen LogP contribution in [0.2, 0.25) is 0 Å². The highest BCUT2D eigenvalue weighted by Gasteiger charge is 2.07.